The van der Waals surface area contributed by atoms with Gasteiger partial charge in [-0.25, -0.2) is 4.39 Å². The van der Waals surface area contributed by atoms with E-state index in [1.54, 1.807) is 0 Å². The Labute approximate surface area is 115 Å². The standard InChI is InChI=1S/C13H14FN3O3/c1-9(17-19)11-7-10(14)3-4-12(11)20-8-13(18)16-6-2-5-15/h3-4,7,19H,2,6,8H2,1H3,(H,16,18)/b17-9-. The molecule has 0 heterocycles. The summed E-state index contributed by atoms with van der Waals surface area (Å²) in [5.41, 5.74) is 0.432. The Bertz CT molecular complexity index is 552. The fraction of sp³-hybridized carbons (Fsp3) is 0.308. The van der Waals surface area contributed by atoms with Crippen molar-refractivity contribution in [3.05, 3.63) is 29.6 Å². The molecule has 1 rings (SSSR count). The van der Waals surface area contributed by atoms with Gasteiger partial charge in [-0.1, -0.05) is 5.16 Å². The van der Waals surface area contributed by atoms with Crippen LogP contribution in [0, 0.1) is 17.1 Å². The number of hydrogen-bond acceptors (Lipinski definition) is 5. The summed E-state index contributed by atoms with van der Waals surface area (Å²) in [5, 5.41) is 22.5. The van der Waals surface area contributed by atoms with Crippen molar-refractivity contribution in [1.29, 1.82) is 5.26 Å². The number of nitrogens with one attached hydrogen (secondary N) is 1. The monoisotopic (exact) mass is 279 g/mol. The number of carbonyl (C=O) groups excluding carboxylic acids is 1. The number of halogens is 1. The van der Waals surface area contributed by atoms with Crippen LogP contribution in [0.1, 0.15) is 18.9 Å². The predicted molar refractivity (Wildman–Crippen MR) is 69.1 cm³/mol. The molecule has 20 heavy (non-hydrogen) atoms. The van der Waals surface area contributed by atoms with Crippen molar-refractivity contribution in [1.82, 2.24) is 5.32 Å². The fourth-order valence-corrected chi connectivity index (χ4v) is 1.42. The average Bonchev–Trinajstić information content (AvgIpc) is 2.45. The molecule has 0 aromatic heterocycles. The van der Waals surface area contributed by atoms with Gasteiger partial charge in [0.15, 0.2) is 6.61 Å². The topological polar surface area (TPSA) is 94.7 Å². The molecule has 6 nitrogen and oxygen atoms in total. The van der Waals surface area contributed by atoms with Crippen molar-refractivity contribution in [2.75, 3.05) is 13.2 Å². The lowest BCUT2D eigenvalue weighted by Gasteiger charge is -2.10. The van der Waals surface area contributed by atoms with Crippen LogP contribution in [0.15, 0.2) is 23.4 Å². The predicted octanol–water partition coefficient (Wildman–Crippen LogP) is 1.43. The van der Waals surface area contributed by atoms with Crippen LogP contribution >= 0.6 is 0 Å². The number of nitriles is 1. The van der Waals surface area contributed by atoms with Gasteiger partial charge in [0.25, 0.3) is 5.91 Å². The van der Waals surface area contributed by atoms with Crippen LogP contribution in [0.25, 0.3) is 0 Å². The van der Waals surface area contributed by atoms with E-state index in [2.05, 4.69) is 10.5 Å². The summed E-state index contributed by atoms with van der Waals surface area (Å²) >= 11 is 0. The third-order valence-electron chi connectivity index (χ3n) is 2.40. The molecule has 1 amide bonds. The molecule has 0 radical (unpaired) electrons. The van der Waals surface area contributed by atoms with E-state index in [1.165, 1.54) is 19.1 Å². The third-order valence-corrected chi connectivity index (χ3v) is 2.40. The minimum Gasteiger partial charge on any atom is -0.483 e. The van der Waals surface area contributed by atoms with Crippen molar-refractivity contribution in [3.8, 4) is 11.8 Å². The van der Waals surface area contributed by atoms with Crippen molar-refractivity contribution in [3.63, 3.8) is 0 Å². The largest absolute Gasteiger partial charge is 0.483 e. The molecule has 1 aromatic carbocycles. The van der Waals surface area contributed by atoms with E-state index in [0.717, 1.165) is 6.07 Å². The van der Waals surface area contributed by atoms with Gasteiger partial charge in [0.05, 0.1) is 18.2 Å². The van der Waals surface area contributed by atoms with E-state index in [1.807, 2.05) is 6.07 Å². The van der Waals surface area contributed by atoms with Crippen LogP contribution in [-0.4, -0.2) is 30.0 Å². The van der Waals surface area contributed by atoms with Crippen molar-refractivity contribution in [2.45, 2.75) is 13.3 Å². The van der Waals surface area contributed by atoms with Crippen LogP contribution in [0.3, 0.4) is 0 Å². The van der Waals surface area contributed by atoms with Crippen LogP contribution in [0.2, 0.25) is 0 Å². The van der Waals surface area contributed by atoms with Crippen molar-refractivity contribution < 1.29 is 19.1 Å². The minimum absolute atomic E-state index is 0.171. The molecule has 0 spiro atoms. The van der Waals surface area contributed by atoms with Gasteiger partial charge in [-0.3, -0.25) is 4.79 Å². The Kier molecular flexibility index (Phi) is 5.97. The zero-order chi connectivity index (χ0) is 15.0. The zero-order valence-corrected chi connectivity index (χ0v) is 10.9. The fourth-order valence-electron chi connectivity index (χ4n) is 1.42. The second-order valence-corrected chi connectivity index (χ2v) is 3.87. The normalized spacial score (nSPS) is 10.8. The first-order valence-electron chi connectivity index (χ1n) is 5.83. The molecule has 2 N–H and O–H groups in total. The molecule has 0 unspecified atom stereocenters. The Morgan fingerprint density at radius 1 is 1.60 bits per heavy atom. The lowest BCUT2D eigenvalue weighted by atomic mass is 10.1. The number of carbonyl (C=O) groups is 1. The molecule has 0 aliphatic carbocycles. The second kappa shape index (κ2) is 7.74. The number of amides is 1. The Balaban J connectivity index is 2.69. The average molecular weight is 279 g/mol. The van der Waals surface area contributed by atoms with Crippen LogP contribution in [-0.2, 0) is 4.79 Å². The Morgan fingerprint density at radius 2 is 2.35 bits per heavy atom. The van der Waals surface area contributed by atoms with Gasteiger partial charge in [0.1, 0.15) is 11.6 Å². The molecule has 0 aliphatic rings. The number of ether oxygens (including phenoxy) is 1. The first kappa shape index (κ1) is 15.4. The molecule has 0 fully saturated rings. The Hall–Kier alpha value is -2.62. The summed E-state index contributed by atoms with van der Waals surface area (Å²) in [6, 6.07) is 5.57. The number of benzene rings is 1. The maximum atomic E-state index is 13.1. The van der Waals surface area contributed by atoms with Crippen molar-refractivity contribution >= 4 is 11.6 Å². The van der Waals surface area contributed by atoms with Crippen LogP contribution in [0.4, 0.5) is 4.39 Å². The lowest BCUT2D eigenvalue weighted by molar-refractivity contribution is -0.123. The molecule has 0 aliphatic heterocycles. The second-order valence-electron chi connectivity index (χ2n) is 3.87. The van der Waals surface area contributed by atoms with E-state index in [0.29, 0.717) is 0 Å². The first-order valence-corrected chi connectivity index (χ1v) is 5.83. The number of nitrogens with zero attached hydrogens (tertiary/aromatic N) is 2. The van der Waals surface area contributed by atoms with Gasteiger partial charge >= 0.3 is 0 Å². The highest BCUT2D eigenvalue weighted by Crippen LogP contribution is 2.20. The highest BCUT2D eigenvalue weighted by molar-refractivity contribution is 6.00. The van der Waals surface area contributed by atoms with E-state index < -0.39 is 11.7 Å². The maximum Gasteiger partial charge on any atom is 0.257 e. The molecule has 0 saturated heterocycles. The van der Waals surface area contributed by atoms with E-state index in [9.17, 15) is 9.18 Å². The van der Waals surface area contributed by atoms with Gasteiger partial charge in [-0.15, -0.1) is 0 Å². The molecule has 1 aromatic rings. The quantitative estimate of drug-likeness (QED) is 0.356. The summed E-state index contributed by atoms with van der Waals surface area (Å²) in [7, 11) is 0. The van der Waals surface area contributed by atoms with E-state index in [4.69, 9.17) is 15.2 Å². The highest BCUT2D eigenvalue weighted by Gasteiger charge is 2.11. The molecule has 106 valence electrons. The van der Waals surface area contributed by atoms with Gasteiger partial charge in [-0.2, -0.15) is 5.26 Å². The minimum atomic E-state index is -0.506. The van der Waals surface area contributed by atoms with E-state index >= 15 is 0 Å². The zero-order valence-electron chi connectivity index (χ0n) is 10.9. The Morgan fingerprint density at radius 3 is 3.00 bits per heavy atom. The molecule has 7 heteroatoms. The van der Waals surface area contributed by atoms with Gasteiger partial charge in [0, 0.05) is 12.1 Å². The highest BCUT2D eigenvalue weighted by atomic mass is 19.1. The molecule has 0 saturated carbocycles. The van der Waals surface area contributed by atoms with Gasteiger partial charge in [0.2, 0.25) is 0 Å². The SMILES string of the molecule is C/C(=N/O)c1cc(F)ccc1OCC(=O)NCCC#N. The van der Waals surface area contributed by atoms with E-state index in [-0.39, 0.29) is 36.6 Å². The molecular formula is C13H14FN3O3. The molecular weight excluding hydrogens is 265 g/mol. The summed E-state index contributed by atoms with van der Waals surface area (Å²) in [6.07, 6.45) is 0.212. The maximum absolute atomic E-state index is 13.1. The number of rotatable bonds is 6. The number of oxime groups is 1. The lowest BCUT2D eigenvalue weighted by Crippen LogP contribution is -2.29. The van der Waals surface area contributed by atoms with Crippen LogP contribution < -0.4 is 10.1 Å². The summed E-state index contributed by atoms with van der Waals surface area (Å²) in [6.45, 7) is 1.45. The third kappa shape index (κ3) is 4.57. The van der Waals surface area contributed by atoms with Gasteiger partial charge in [-0.05, 0) is 25.1 Å². The summed E-state index contributed by atoms with van der Waals surface area (Å²) in [4.78, 5) is 11.4. The molecule has 0 bridgehead atoms. The van der Waals surface area contributed by atoms with Gasteiger partial charge < -0.3 is 15.3 Å². The first-order chi connectivity index (χ1) is 9.58. The summed E-state index contributed by atoms with van der Waals surface area (Å²) in [5.74, 6) is -0.667. The summed E-state index contributed by atoms with van der Waals surface area (Å²) < 4.78 is 18.4. The smallest absolute Gasteiger partial charge is 0.257 e. The van der Waals surface area contributed by atoms with Crippen molar-refractivity contribution in [2.24, 2.45) is 5.16 Å². The molecule has 0 atom stereocenters. The van der Waals surface area contributed by atoms with Crippen LogP contribution in [0.5, 0.6) is 5.75 Å². The number of hydrogen-bond donors (Lipinski definition) is 2.